The van der Waals surface area contributed by atoms with E-state index >= 15 is 0 Å². The second-order valence-corrected chi connectivity index (χ2v) is 23.1. The third-order valence-corrected chi connectivity index (χ3v) is 16.6. The molecular weight excluding hydrogens is 997 g/mol. The molecule has 5 N–H and O–H groups in total. The van der Waals surface area contributed by atoms with Crippen molar-refractivity contribution in [2.24, 2.45) is 23.7 Å². The summed E-state index contributed by atoms with van der Waals surface area (Å²) in [6.45, 7) is 21.3. The number of benzene rings is 1. The SMILES string of the molecule is CC[C@H]1OC(=O)[C@H](C)[C@@H](C2C[C@@](C)(OC)[C@@H](O)[C@H](C)O2)[C@H](C)[C@@H](O[C@@H]2O[C@H](C)C[C@H](N(C)CCc3cn(CCCOc4ccc(-n5cc(COC(C)=O)nn5)cc4)nn3)[C@H]2O)[C@](C)(O)C[C@@H](C)CN(C)[C@H](C)[C@@H](O)[C@]1(C)O. The molecule has 3 aromatic rings. The Morgan fingerprint density at radius 3 is 2.29 bits per heavy atom. The minimum Gasteiger partial charge on any atom is -0.494 e. The van der Waals surface area contributed by atoms with Gasteiger partial charge in [0, 0.05) is 77.1 Å². The molecule has 3 fully saturated rings. The zero-order valence-corrected chi connectivity index (χ0v) is 47.9. The molecule has 6 rings (SSSR count). The Kier molecular flexibility index (Phi) is 21.2. The quantitative estimate of drug-likeness (QED) is 0.0957. The molecule has 0 amide bonds. The summed E-state index contributed by atoms with van der Waals surface area (Å²) in [5.41, 5.74) is -2.38. The molecule has 5 heterocycles. The van der Waals surface area contributed by atoms with E-state index in [0.29, 0.717) is 56.9 Å². The number of cyclic esters (lactones) is 1. The van der Waals surface area contributed by atoms with Gasteiger partial charge in [-0.05, 0) is 111 Å². The number of esters is 2. The predicted molar refractivity (Wildman–Crippen MR) is 282 cm³/mol. The second-order valence-electron chi connectivity index (χ2n) is 23.1. The molecule has 0 radical (unpaired) electrons. The van der Waals surface area contributed by atoms with E-state index in [4.69, 9.17) is 33.2 Å². The number of aliphatic hydroxyl groups is 5. The van der Waals surface area contributed by atoms with E-state index < -0.39 is 102 Å². The van der Waals surface area contributed by atoms with E-state index in [1.165, 1.54) is 21.0 Å². The first-order valence-electron chi connectivity index (χ1n) is 27.5. The van der Waals surface area contributed by atoms with Crippen molar-refractivity contribution in [2.75, 3.05) is 40.9 Å². The highest BCUT2D eigenvalue weighted by Crippen LogP contribution is 2.45. The molecule has 0 saturated carbocycles. The summed E-state index contributed by atoms with van der Waals surface area (Å²) in [5, 5.41) is 77.1. The van der Waals surface area contributed by atoms with Gasteiger partial charge >= 0.3 is 11.9 Å². The van der Waals surface area contributed by atoms with Crippen molar-refractivity contribution in [1.29, 1.82) is 0 Å². The lowest BCUT2D eigenvalue weighted by Gasteiger charge is -2.51. The lowest BCUT2D eigenvalue weighted by molar-refractivity contribution is -0.302. The third-order valence-electron chi connectivity index (χ3n) is 16.6. The maximum Gasteiger partial charge on any atom is 0.309 e. The topological polar surface area (TPSA) is 268 Å². The summed E-state index contributed by atoms with van der Waals surface area (Å²) in [6.07, 6.45) is -2.59. The summed E-state index contributed by atoms with van der Waals surface area (Å²) in [4.78, 5) is 29.8. The molecular formula is C55H90N8O14. The van der Waals surface area contributed by atoms with Gasteiger partial charge in [0.1, 0.15) is 48.1 Å². The van der Waals surface area contributed by atoms with Crippen LogP contribution in [0, 0.1) is 23.7 Å². The van der Waals surface area contributed by atoms with Gasteiger partial charge in [0.2, 0.25) is 0 Å². The van der Waals surface area contributed by atoms with Gasteiger partial charge < -0.3 is 68.5 Å². The fourth-order valence-electron chi connectivity index (χ4n) is 12.0. The van der Waals surface area contributed by atoms with Gasteiger partial charge in [-0.2, -0.15) is 0 Å². The van der Waals surface area contributed by atoms with E-state index in [2.05, 4.69) is 25.5 Å². The average Bonchev–Trinajstić information content (AvgIpc) is 4.09. The van der Waals surface area contributed by atoms with E-state index in [0.717, 1.165) is 11.4 Å². The van der Waals surface area contributed by atoms with Gasteiger partial charge in [-0.3, -0.25) is 14.3 Å². The fraction of sp³-hybridized carbons (Fsp3) is 0.782. The Hall–Kier alpha value is -4.20. The lowest BCUT2D eigenvalue weighted by atomic mass is 9.68. The van der Waals surface area contributed by atoms with Crippen LogP contribution in [0.3, 0.4) is 0 Å². The summed E-state index contributed by atoms with van der Waals surface area (Å²) >= 11 is 0. The van der Waals surface area contributed by atoms with E-state index in [1.807, 2.05) is 84.1 Å². The summed E-state index contributed by atoms with van der Waals surface area (Å²) in [7, 11) is 5.32. The number of nitrogens with zero attached hydrogens (tertiary/aromatic N) is 8. The van der Waals surface area contributed by atoms with Crippen molar-refractivity contribution in [2.45, 2.75) is 212 Å². The van der Waals surface area contributed by atoms with Crippen LogP contribution in [0.15, 0.2) is 36.7 Å². The number of aryl methyl sites for hydroxylation is 1. The molecule has 434 valence electrons. The number of hydrogen-bond donors (Lipinski definition) is 5. The van der Waals surface area contributed by atoms with Crippen molar-refractivity contribution in [3.8, 4) is 11.4 Å². The molecule has 0 bridgehead atoms. The maximum absolute atomic E-state index is 14.6. The number of carbonyl (C=O) groups is 2. The minimum atomic E-state index is -1.82. The molecule has 77 heavy (non-hydrogen) atoms. The van der Waals surface area contributed by atoms with E-state index in [9.17, 15) is 35.1 Å². The van der Waals surface area contributed by atoms with Crippen molar-refractivity contribution in [3.05, 3.63) is 48.0 Å². The molecule has 22 nitrogen and oxygen atoms in total. The van der Waals surface area contributed by atoms with Gasteiger partial charge in [0.05, 0.1) is 65.7 Å². The van der Waals surface area contributed by atoms with Gasteiger partial charge in [-0.25, -0.2) is 4.68 Å². The van der Waals surface area contributed by atoms with Crippen LogP contribution in [-0.2, 0) is 57.6 Å². The summed E-state index contributed by atoms with van der Waals surface area (Å²) in [5.74, 6) is -2.86. The largest absolute Gasteiger partial charge is 0.494 e. The Labute approximate surface area is 454 Å². The monoisotopic (exact) mass is 1090 g/mol. The molecule has 18 atom stereocenters. The summed E-state index contributed by atoms with van der Waals surface area (Å²) in [6, 6.07) is 6.45. The number of methoxy groups -OCH3 is 1. The van der Waals surface area contributed by atoms with E-state index in [1.54, 1.807) is 43.3 Å². The number of likely N-dealkylation sites (N-methyl/N-ethyl adjacent to an activating group) is 2. The molecule has 3 saturated heterocycles. The number of ether oxygens (including phenoxy) is 7. The maximum atomic E-state index is 14.6. The molecule has 0 aliphatic carbocycles. The first kappa shape index (κ1) is 62.0. The first-order valence-corrected chi connectivity index (χ1v) is 27.5. The highest BCUT2D eigenvalue weighted by Gasteiger charge is 2.55. The number of hydrogen-bond acceptors (Lipinski definition) is 20. The minimum absolute atomic E-state index is 0.0537. The zero-order chi connectivity index (χ0) is 56.7. The second kappa shape index (κ2) is 26.4. The van der Waals surface area contributed by atoms with Crippen molar-refractivity contribution < 1.29 is 68.3 Å². The van der Waals surface area contributed by atoms with Crippen LogP contribution in [0.5, 0.6) is 5.75 Å². The van der Waals surface area contributed by atoms with Crippen LogP contribution in [0.4, 0.5) is 0 Å². The Bertz CT molecular complexity index is 2340. The Balaban J connectivity index is 1.15. The zero-order valence-electron chi connectivity index (χ0n) is 47.9. The number of rotatable bonds is 17. The van der Waals surface area contributed by atoms with Gasteiger partial charge in [-0.1, -0.05) is 38.1 Å². The normalized spacial score (nSPS) is 37.2. The lowest BCUT2D eigenvalue weighted by Crippen LogP contribution is -2.62. The number of carbonyl (C=O) groups excluding carboxylic acids is 2. The molecule has 22 heteroatoms. The molecule has 0 spiro atoms. The van der Waals surface area contributed by atoms with Crippen LogP contribution in [0.1, 0.15) is 120 Å². The third kappa shape index (κ3) is 15.2. The number of aliphatic hydroxyl groups excluding tert-OH is 3. The fourth-order valence-corrected chi connectivity index (χ4v) is 12.0. The van der Waals surface area contributed by atoms with Gasteiger partial charge in [0.15, 0.2) is 6.29 Å². The Morgan fingerprint density at radius 1 is 0.935 bits per heavy atom. The first-order chi connectivity index (χ1) is 36.2. The van der Waals surface area contributed by atoms with Crippen LogP contribution < -0.4 is 4.74 Å². The number of aromatic nitrogens is 6. The molecule has 2 aromatic heterocycles. The predicted octanol–water partition coefficient (Wildman–Crippen LogP) is 3.49. The van der Waals surface area contributed by atoms with Crippen LogP contribution in [0.25, 0.3) is 5.69 Å². The molecule has 3 aliphatic rings. The summed E-state index contributed by atoms with van der Waals surface area (Å²) < 4.78 is 46.6. The van der Waals surface area contributed by atoms with Crippen LogP contribution in [-0.4, -0.2) is 202 Å². The van der Waals surface area contributed by atoms with Crippen LogP contribution >= 0.6 is 0 Å². The molecule has 1 aromatic carbocycles. The van der Waals surface area contributed by atoms with Crippen LogP contribution in [0.2, 0.25) is 0 Å². The Morgan fingerprint density at radius 2 is 1.62 bits per heavy atom. The molecule has 3 aliphatic heterocycles. The molecule has 1 unspecified atom stereocenters. The van der Waals surface area contributed by atoms with Gasteiger partial charge in [0.25, 0.3) is 0 Å². The highest BCUT2D eigenvalue weighted by molar-refractivity contribution is 5.73. The standard InChI is InChI=1S/C55H90N8O14/c1-15-45-55(11,70)48(66)36(6)61(13)28-32(2)26-53(9,69)50(34(4)46(35(5)51(68)76-45)44-27-54(10,71-14)49(67)37(7)75-44)77-52-47(65)43(25-33(3)74-52)60(12)23-21-39-29-62(58-56-39)22-16-24-72-42-19-17-41(18-20-42)63-30-40(57-59-63)31-73-38(8)64/h17-20,29-30,32-37,43-50,52,65-67,69-70H,15-16,21-28,31H2,1-14H3/t32-,33-,34+,35-,36-,37+,43+,44?,45-,46+,47-,48-,49+,50-,52+,53-,54-,55-/m1/s1. The van der Waals surface area contributed by atoms with Crippen molar-refractivity contribution >= 4 is 11.9 Å². The van der Waals surface area contributed by atoms with Gasteiger partial charge in [-0.15, -0.1) is 10.2 Å². The highest BCUT2D eigenvalue weighted by atomic mass is 16.7. The average molecular weight is 1090 g/mol. The van der Waals surface area contributed by atoms with Crippen molar-refractivity contribution in [3.63, 3.8) is 0 Å². The van der Waals surface area contributed by atoms with E-state index in [-0.39, 0.29) is 43.9 Å². The van der Waals surface area contributed by atoms with Crippen molar-refractivity contribution in [1.82, 2.24) is 39.8 Å². The smallest absolute Gasteiger partial charge is 0.309 e.